The molecule has 1 saturated heterocycles. The van der Waals surface area contributed by atoms with Crippen LogP contribution in [-0.4, -0.2) is 32.6 Å². The minimum absolute atomic E-state index is 0.0330. The summed E-state index contributed by atoms with van der Waals surface area (Å²) in [4.78, 5) is 10.5. The first-order valence-electron chi connectivity index (χ1n) is 6.87. The van der Waals surface area contributed by atoms with Crippen molar-refractivity contribution in [2.75, 3.05) is 12.3 Å². The van der Waals surface area contributed by atoms with E-state index in [4.69, 9.17) is 5.73 Å². The Morgan fingerprint density at radius 2 is 2.05 bits per heavy atom. The quantitative estimate of drug-likeness (QED) is 0.895. The number of aromatic nitrogens is 2. The van der Waals surface area contributed by atoms with E-state index >= 15 is 0 Å². The fourth-order valence-electron chi connectivity index (χ4n) is 2.76. The number of aliphatic hydroxyl groups is 1. The van der Waals surface area contributed by atoms with Crippen LogP contribution in [0.3, 0.4) is 0 Å². The molecule has 1 aliphatic rings. The summed E-state index contributed by atoms with van der Waals surface area (Å²) < 4.78 is 13.0. The summed E-state index contributed by atoms with van der Waals surface area (Å²) in [6.07, 6.45) is 1.84. The highest BCUT2D eigenvalue weighted by atomic mass is 19.1. The summed E-state index contributed by atoms with van der Waals surface area (Å²) >= 11 is 0. The van der Waals surface area contributed by atoms with Crippen LogP contribution in [0.2, 0.25) is 0 Å². The van der Waals surface area contributed by atoms with Crippen molar-refractivity contribution in [3.05, 3.63) is 53.7 Å². The molecule has 3 rings (SSSR count). The number of aliphatic hydroxyl groups excluding tert-OH is 1. The summed E-state index contributed by atoms with van der Waals surface area (Å²) in [5.41, 5.74) is 6.65. The number of anilines is 1. The van der Waals surface area contributed by atoms with Crippen molar-refractivity contribution in [1.82, 2.24) is 14.9 Å². The summed E-state index contributed by atoms with van der Waals surface area (Å²) in [5, 5.41) is 9.94. The number of benzene rings is 1. The van der Waals surface area contributed by atoms with Crippen LogP contribution in [0, 0.1) is 5.82 Å². The SMILES string of the molecule is Nc1ccnc(CN2C[C@H](O)C[C@H]2c2ccc(F)cc2)n1. The fourth-order valence-corrected chi connectivity index (χ4v) is 2.76. The van der Waals surface area contributed by atoms with Crippen LogP contribution >= 0.6 is 0 Å². The average Bonchev–Trinajstić information content (AvgIpc) is 2.80. The van der Waals surface area contributed by atoms with Crippen molar-refractivity contribution < 1.29 is 9.50 Å². The Bertz CT molecular complexity index is 619. The second-order valence-corrected chi connectivity index (χ2v) is 5.28. The van der Waals surface area contributed by atoms with Gasteiger partial charge in [-0.15, -0.1) is 0 Å². The second kappa shape index (κ2) is 5.75. The van der Waals surface area contributed by atoms with Crippen LogP contribution in [0.1, 0.15) is 23.9 Å². The summed E-state index contributed by atoms with van der Waals surface area (Å²) in [6, 6.07) is 8.06. The van der Waals surface area contributed by atoms with Gasteiger partial charge in [0.15, 0.2) is 0 Å². The molecule has 0 aliphatic carbocycles. The minimum atomic E-state index is -0.402. The maximum Gasteiger partial charge on any atom is 0.144 e. The van der Waals surface area contributed by atoms with E-state index in [1.54, 1.807) is 24.4 Å². The van der Waals surface area contributed by atoms with Gasteiger partial charge >= 0.3 is 0 Å². The van der Waals surface area contributed by atoms with E-state index in [0.29, 0.717) is 31.2 Å². The van der Waals surface area contributed by atoms with Crippen LogP contribution < -0.4 is 5.73 Å². The van der Waals surface area contributed by atoms with Gasteiger partial charge in [0.05, 0.1) is 12.6 Å². The number of nitrogens with zero attached hydrogens (tertiary/aromatic N) is 3. The van der Waals surface area contributed by atoms with Crippen LogP contribution in [0.15, 0.2) is 36.5 Å². The average molecular weight is 288 g/mol. The van der Waals surface area contributed by atoms with Gasteiger partial charge in [0.1, 0.15) is 17.5 Å². The van der Waals surface area contributed by atoms with Gasteiger partial charge in [0.2, 0.25) is 0 Å². The third-order valence-corrected chi connectivity index (χ3v) is 3.71. The van der Waals surface area contributed by atoms with E-state index in [0.717, 1.165) is 5.56 Å². The number of nitrogens with two attached hydrogens (primary N) is 1. The Labute approximate surface area is 122 Å². The molecule has 6 heteroatoms. The van der Waals surface area contributed by atoms with Gasteiger partial charge < -0.3 is 10.8 Å². The molecule has 21 heavy (non-hydrogen) atoms. The summed E-state index contributed by atoms with van der Waals surface area (Å²) in [6.45, 7) is 1.05. The lowest BCUT2D eigenvalue weighted by Crippen LogP contribution is -2.25. The fraction of sp³-hybridized carbons (Fsp3) is 0.333. The van der Waals surface area contributed by atoms with Gasteiger partial charge in [-0.25, -0.2) is 14.4 Å². The largest absolute Gasteiger partial charge is 0.392 e. The molecule has 1 aromatic carbocycles. The van der Waals surface area contributed by atoms with Crippen molar-refractivity contribution in [3.8, 4) is 0 Å². The van der Waals surface area contributed by atoms with E-state index in [-0.39, 0.29) is 11.9 Å². The van der Waals surface area contributed by atoms with Gasteiger partial charge in [-0.2, -0.15) is 0 Å². The lowest BCUT2D eigenvalue weighted by Gasteiger charge is -2.23. The first-order chi connectivity index (χ1) is 10.1. The number of halogens is 1. The Balaban J connectivity index is 1.80. The van der Waals surface area contributed by atoms with Crippen LogP contribution in [0.4, 0.5) is 10.2 Å². The molecule has 0 saturated carbocycles. The molecule has 2 aromatic rings. The van der Waals surface area contributed by atoms with E-state index in [1.807, 2.05) is 0 Å². The molecule has 1 aliphatic heterocycles. The van der Waals surface area contributed by atoms with Crippen molar-refractivity contribution in [3.63, 3.8) is 0 Å². The number of nitrogen functional groups attached to an aromatic ring is 1. The predicted octanol–water partition coefficient (Wildman–Crippen LogP) is 1.51. The molecule has 1 aromatic heterocycles. The van der Waals surface area contributed by atoms with E-state index < -0.39 is 6.10 Å². The topological polar surface area (TPSA) is 75.3 Å². The molecule has 1 fully saturated rings. The zero-order valence-electron chi connectivity index (χ0n) is 11.5. The minimum Gasteiger partial charge on any atom is -0.392 e. The lowest BCUT2D eigenvalue weighted by atomic mass is 10.0. The standard InChI is InChI=1S/C15H17FN4O/c16-11-3-1-10(2-4-11)13-7-12(21)8-20(13)9-15-18-6-5-14(17)19-15/h1-6,12-13,21H,7-9H2,(H2,17,18,19)/t12-,13+/m1/s1. The smallest absolute Gasteiger partial charge is 0.144 e. The first kappa shape index (κ1) is 13.9. The molecule has 0 unspecified atom stereocenters. The highest BCUT2D eigenvalue weighted by molar-refractivity contribution is 5.25. The lowest BCUT2D eigenvalue weighted by molar-refractivity contribution is 0.171. The van der Waals surface area contributed by atoms with Gasteiger partial charge in [0.25, 0.3) is 0 Å². The normalized spacial score (nSPS) is 22.6. The number of hydrogen-bond acceptors (Lipinski definition) is 5. The predicted molar refractivity (Wildman–Crippen MR) is 76.6 cm³/mol. The molecule has 5 nitrogen and oxygen atoms in total. The van der Waals surface area contributed by atoms with Gasteiger partial charge in [-0.1, -0.05) is 12.1 Å². The molecular weight excluding hydrogens is 271 g/mol. The molecule has 0 amide bonds. The summed E-state index contributed by atoms with van der Waals surface area (Å²) in [7, 11) is 0. The Kier molecular flexibility index (Phi) is 3.81. The Morgan fingerprint density at radius 3 is 2.76 bits per heavy atom. The second-order valence-electron chi connectivity index (χ2n) is 5.28. The summed E-state index contributed by atoms with van der Waals surface area (Å²) in [5.74, 6) is 0.789. The van der Waals surface area contributed by atoms with Crippen LogP contribution in [-0.2, 0) is 6.54 Å². The van der Waals surface area contributed by atoms with E-state index in [2.05, 4.69) is 14.9 Å². The third-order valence-electron chi connectivity index (χ3n) is 3.71. The van der Waals surface area contributed by atoms with Crippen LogP contribution in [0.25, 0.3) is 0 Å². The monoisotopic (exact) mass is 288 g/mol. The van der Waals surface area contributed by atoms with Crippen LogP contribution in [0.5, 0.6) is 0 Å². The van der Waals surface area contributed by atoms with Crippen molar-refractivity contribution in [1.29, 1.82) is 0 Å². The molecule has 2 heterocycles. The van der Waals surface area contributed by atoms with Gasteiger partial charge in [-0.3, -0.25) is 4.90 Å². The highest BCUT2D eigenvalue weighted by Crippen LogP contribution is 2.33. The number of likely N-dealkylation sites (tertiary alicyclic amines) is 1. The highest BCUT2D eigenvalue weighted by Gasteiger charge is 2.32. The molecule has 3 N–H and O–H groups in total. The van der Waals surface area contributed by atoms with E-state index in [1.165, 1.54) is 12.1 Å². The van der Waals surface area contributed by atoms with Gasteiger partial charge in [-0.05, 0) is 30.2 Å². The Morgan fingerprint density at radius 1 is 1.29 bits per heavy atom. The Hall–Kier alpha value is -2.05. The van der Waals surface area contributed by atoms with E-state index in [9.17, 15) is 9.50 Å². The molecule has 110 valence electrons. The third kappa shape index (κ3) is 3.17. The number of hydrogen-bond donors (Lipinski definition) is 2. The molecule has 0 bridgehead atoms. The maximum atomic E-state index is 13.0. The zero-order chi connectivity index (χ0) is 14.8. The maximum absolute atomic E-state index is 13.0. The molecule has 0 spiro atoms. The van der Waals surface area contributed by atoms with Crippen molar-refractivity contribution in [2.24, 2.45) is 0 Å². The van der Waals surface area contributed by atoms with Gasteiger partial charge in [0, 0.05) is 18.8 Å². The van der Waals surface area contributed by atoms with Crippen molar-refractivity contribution >= 4 is 5.82 Å². The molecule has 2 atom stereocenters. The number of rotatable bonds is 3. The zero-order valence-corrected chi connectivity index (χ0v) is 11.5. The molecule has 0 radical (unpaired) electrons. The first-order valence-corrected chi connectivity index (χ1v) is 6.87. The molecular formula is C15H17FN4O. The van der Waals surface area contributed by atoms with Crippen molar-refractivity contribution in [2.45, 2.75) is 25.1 Å². The number of β-amino-alcohol motifs (C(OH)–C–C–N with tert-alkyl or cyclic N) is 1.